The van der Waals surface area contributed by atoms with Crippen molar-refractivity contribution < 1.29 is 19.1 Å². The molecule has 2 N–H and O–H groups in total. The van der Waals surface area contributed by atoms with Crippen molar-refractivity contribution in [1.82, 2.24) is 15.5 Å². The van der Waals surface area contributed by atoms with Crippen LogP contribution in [0.1, 0.15) is 84.9 Å². The third-order valence-electron chi connectivity index (χ3n) is 5.71. The highest BCUT2D eigenvalue weighted by Crippen LogP contribution is 2.24. The van der Waals surface area contributed by atoms with Crippen LogP contribution >= 0.6 is 0 Å². The maximum absolute atomic E-state index is 13.7. The predicted octanol–water partition coefficient (Wildman–Crippen LogP) is 5.07. The summed E-state index contributed by atoms with van der Waals surface area (Å²) in [4.78, 5) is 41.0. The van der Waals surface area contributed by atoms with Gasteiger partial charge in [0, 0.05) is 13.1 Å². The lowest BCUT2D eigenvalue weighted by Crippen LogP contribution is -2.54. The second-order valence-corrected chi connectivity index (χ2v) is 9.93. The third kappa shape index (κ3) is 8.84. The number of rotatable bonds is 11. The molecule has 0 fully saturated rings. The average Bonchev–Trinajstić information content (AvgIpc) is 2.75. The maximum atomic E-state index is 13.7. The van der Waals surface area contributed by atoms with Crippen LogP contribution < -0.4 is 10.6 Å². The fraction of sp³-hybridized carbons (Fsp3) is 0.593. The normalized spacial score (nSPS) is 14.8. The van der Waals surface area contributed by atoms with Crippen molar-refractivity contribution in [2.45, 2.75) is 91.5 Å². The molecule has 4 unspecified atom stereocenters. The van der Waals surface area contributed by atoms with Crippen molar-refractivity contribution in [3.63, 3.8) is 0 Å². The van der Waals surface area contributed by atoms with E-state index in [4.69, 9.17) is 4.74 Å². The fourth-order valence-electron chi connectivity index (χ4n) is 3.70. The second kappa shape index (κ2) is 13.2. The first-order chi connectivity index (χ1) is 15.8. The molecule has 0 spiro atoms. The van der Waals surface area contributed by atoms with E-state index >= 15 is 0 Å². The number of amides is 3. The highest BCUT2D eigenvalue weighted by molar-refractivity contribution is 5.92. The number of likely N-dealkylation sites (N-methyl/N-ethyl adjacent to an activating group) is 1. The van der Waals surface area contributed by atoms with Crippen molar-refractivity contribution >= 4 is 24.0 Å². The first-order valence-corrected chi connectivity index (χ1v) is 12.1. The molecule has 7 nitrogen and oxygen atoms in total. The van der Waals surface area contributed by atoms with Gasteiger partial charge in [0.15, 0.2) is 0 Å². The molecule has 3 amide bonds. The SMILES string of the molecule is C=Cc1cccc(C(C(=O)NC(C)CCC)N(C)C(=O)C(NC(=O)OC(C)(C)C)C(C)CC)c1. The summed E-state index contributed by atoms with van der Waals surface area (Å²) in [6, 6.07) is 5.67. The molecule has 1 rings (SSSR count). The van der Waals surface area contributed by atoms with Gasteiger partial charge in [-0.05, 0) is 57.2 Å². The molecular formula is C27H43N3O4. The van der Waals surface area contributed by atoms with E-state index in [0.717, 1.165) is 18.4 Å². The van der Waals surface area contributed by atoms with Gasteiger partial charge in [-0.1, -0.05) is 64.5 Å². The topological polar surface area (TPSA) is 87.7 Å². The van der Waals surface area contributed by atoms with E-state index in [1.807, 2.05) is 45.0 Å². The van der Waals surface area contributed by atoms with Gasteiger partial charge in [-0.15, -0.1) is 0 Å². The zero-order chi connectivity index (χ0) is 26.1. The predicted molar refractivity (Wildman–Crippen MR) is 137 cm³/mol. The van der Waals surface area contributed by atoms with Gasteiger partial charge in [-0.25, -0.2) is 4.79 Å². The highest BCUT2D eigenvalue weighted by Gasteiger charge is 2.36. The molecule has 0 aromatic heterocycles. The molecule has 190 valence electrons. The molecule has 1 aromatic carbocycles. The lowest BCUT2D eigenvalue weighted by atomic mass is 9.95. The van der Waals surface area contributed by atoms with Crippen LogP contribution in [0.15, 0.2) is 30.8 Å². The van der Waals surface area contributed by atoms with E-state index in [1.165, 1.54) is 4.90 Å². The Kier molecular flexibility index (Phi) is 11.3. The molecule has 0 heterocycles. The molecule has 34 heavy (non-hydrogen) atoms. The molecule has 0 aliphatic heterocycles. The first kappa shape index (κ1) is 29.2. The zero-order valence-electron chi connectivity index (χ0n) is 22.1. The van der Waals surface area contributed by atoms with Crippen LogP contribution in [0.5, 0.6) is 0 Å². The van der Waals surface area contributed by atoms with Crippen LogP contribution in [-0.4, -0.2) is 47.5 Å². The first-order valence-electron chi connectivity index (χ1n) is 12.1. The minimum atomic E-state index is -0.862. The molecule has 0 saturated heterocycles. The van der Waals surface area contributed by atoms with Crippen LogP contribution in [-0.2, 0) is 14.3 Å². The summed E-state index contributed by atoms with van der Waals surface area (Å²) in [6.45, 7) is 17.0. The average molecular weight is 474 g/mol. The zero-order valence-corrected chi connectivity index (χ0v) is 22.1. The van der Waals surface area contributed by atoms with Crippen molar-refractivity contribution in [2.75, 3.05) is 7.05 Å². The summed E-state index contributed by atoms with van der Waals surface area (Å²) in [7, 11) is 1.60. The van der Waals surface area contributed by atoms with Crippen molar-refractivity contribution in [3.8, 4) is 0 Å². The molecular weight excluding hydrogens is 430 g/mol. The van der Waals surface area contributed by atoms with E-state index in [2.05, 4.69) is 24.1 Å². The summed E-state index contributed by atoms with van der Waals surface area (Å²) < 4.78 is 5.38. The Bertz CT molecular complexity index is 847. The molecule has 0 bridgehead atoms. The standard InChI is InChI=1S/C27H43N3O4/c1-10-14-19(5)28-24(31)23(21-16-13-15-20(12-3)17-21)30(9)25(32)22(18(4)11-2)29-26(33)34-27(6,7)8/h12-13,15-19,22-23H,3,10-11,14H2,1-2,4-9H3,(H,28,31)(H,29,33). The fourth-order valence-corrected chi connectivity index (χ4v) is 3.70. The minimum Gasteiger partial charge on any atom is -0.444 e. The molecule has 0 saturated carbocycles. The molecule has 0 radical (unpaired) electrons. The van der Waals surface area contributed by atoms with Crippen LogP contribution in [0.3, 0.4) is 0 Å². The Morgan fingerprint density at radius 3 is 2.32 bits per heavy atom. The quantitative estimate of drug-likeness (QED) is 0.469. The molecule has 7 heteroatoms. The Morgan fingerprint density at radius 1 is 1.15 bits per heavy atom. The lowest BCUT2D eigenvalue weighted by Gasteiger charge is -2.34. The van der Waals surface area contributed by atoms with Crippen LogP contribution in [0.25, 0.3) is 6.08 Å². The van der Waals surface area contributed by atoms with E-state index in [1.54, 1.807) is 33.9 Å². The van der Waals surface area contributed by atoms with Gasteiger partial charge < -0.3 is 20.3 Å². The number of nitrogens with one attached hydrogen (secondary N) is 2. The highest BCUT2D eigenvalue weighted by atomic mass is 16.6. The van der Waals surface area contributed by atoms with Gasteiger partial charge in [0.2, 0.25) is 11.8 Å². The van der Waals surface area contributed by atoms with Crippen LogP contribution in [0, 0.1) is 5.92 Å². The molecule has 0 aliphatic carbocycles. The molecule has 0 aliphatic rings. The summed E-state index contributed by atoms with van der Waals surface area (Å²) >= 11 is 0. The van der Waals surface area contributed by atoms with Crippen LogP contribution in [0.4, 0.5) is 4.79 Å². The minimum absolute atomic E-state index is 0.0312. The number of carbonyl (C=O) groups excluding carboxylic acids is 3. The van der Waals surface area contributed by atoms with Gasteiger partial charge in [0.25, 0.3) is 0 Å². The number of carbonyl (C=O) groups is 3. The number of alkyl carbamates (subject to hydrolysis) is 1. The Balaban J connectivity index is 3.33. The van der Waals surface area contributed by atoms with Crippen molar-refractivity contribution in [2.24, 2.45) is 5.92 Å². The third-order valence-corrected chi connectivity index (χ3v) is 5.71. The maximum Gasteiger partial charge on any atom is 0.408 e. The van der Waals surface area contributed by atoms with E-state index in [-0.39, 0.29) is 23.8 Å². The summed E-state index contributed by atoms with van der Waals surface area (Å²) in [6.07, 6.45) is 3.47. The number of benzene rings is 1. The van der Waals surface area contributed by atoms with Gasteiger partial charge >= 0.3 is 6.09 Å². The Hall–Kier alpha value is -2.83. The molecule has 1 aromatic rings. The number of ether oxygens (including phenoxy) is 1. The molecule has 4 atom stereocenters. The van der Waals surface area contributed by atoms with Gasteiger partial charge in [0.05, 0.1) is 0 Å². The largest absolute Gasteiger partial charge is 0.444 e. The smallest absolute Gasteiger partial charge is 0.408 e. The summed E-state index contributed by atoms with van der Waals surface area (Å²) in [5, 5.41) is 5.77. The summed E-state index contributed by atoms with van der Waals surface area (Å²) in [5.41, 5.74) is 0.833. The van der Waals surface area contributed by atoms with E-state index in [9.17, 15) is 14.4 Å². The van der Waals surface area contributed by atoms with Gasteiger partial charge in [-0.3, -0.25) is 9.59 Å². The van der Waals surface area contributed by atoms with Gasteiger partial charge in [-0.2, -0.15) is 0 Å². The lowest BCUT2D eigenvalue weighted by molar-refractivity contribution is -0.142. The van der Waals surface area contributed by atoms with Crippen molar-refractivity contribution in [1.29, 1.82) is 0 Å². The number of hydrogen-bond acceptors (Lipinski definition) is 4. The second-order valence-electron chi connectivity index (χ2n) is 9.93. The Morgan fingerprint density at radius 2 is 1.79 bits per heavy atom. The monoisotopic (exact) mass is 473 g/mol. The van der Waals surface area contributed by atoms with E-state index < -0.39 is 23.8 Å². The van der Waals surface area contributed by atoms with Gasteiger partial charge in [0.1, 0.15) is 17.7 Å². The van der Waals surface area contributed by atoms with Crippen molar-refractivity contribution in [3.05, 3.63) is 42.0 Å². The Labute approximate surface area is 205 Å². The summed E-state index contributed by atoms with van der Waals surface area (Å²) in [5.74, 6) is -0.782. The van der Waals surface area contributed by atoms with Crippen LogP contribution in [0.2, 0.25) is 0 Å². The number of nitrogens with zero attached hydrogens (tertiary/aromatic N) is 1. The number of hydrogen-bond donors (Lipinski definition) is 2. The van der Waals surface area contributed by atoms with E-state index in [0.29, 0.717) is 12.0 Å².